The zero-order valence-electron chi connectivity index (χ0n) is 19.6. The molecule has 0 spiro atoms. The summed E-state index contributed by atoms with van der Waals surface area (Å²) >= 11 is 0. The summed E-state index contributed by atoms with van der Waals surface area (Å²) in [4.78, 5) is 25.9. The third-order valence-corrected chi connectivity index (χ3v) is 4.46. The molecule has 0 radical (unpaired) electrons. The standard InChI is InChI=1S/C26H34O6/c1-5-13-29-21-11-9-19(17-23(21)31-15-7-3)25(27)26(28)20-10-12-22(30-14-6-2)24(18-20)32-16-8-4/h9-12,17-18H,5-8,13-16H2,1-4H3. The Morgan fingerprint density at radius 2 is 0.844 bits per heavy atom. The zero-order valence-corrected chi connectivity index (χ0v) is 19.6. The summed E-state index contributed by atoms with van der Waals surface area (Å²) in [5, 5.41) is 0. The average molecular weight is 443 g/mol. The van der Waals surface area contributed by atoms with Crippen LogP contribution in [0.5, 0.6) is 23.0 Å². The predicted octanol–water partition coefficient (Wildman–Crippen LogP) is 5.91. The fourth-order valence-corrected chi connectivity index (χ4v) is 2.87. The zero-order chi connectivity index (χ0) is 23.3. The van der Waals surface area contributed by atoms with Gasteiger partial charge in [0, 0.05) is 11.1 Å². The van der Waals surface area contributed by atoms with Gasteiger partial charge in [-0.15, -0.1) is 0 Å². The highest BCUT2D eigenvalue weighted by Gasteiger charge is 2.22. The van der Waals surface area contributed by atoms with Gasteiger partial charge in [0.2, 0.25) is 11.6 Å². The number of benzene rings is 2. The van der Waals surface area contributed by atoms with Gasteiger partial charge in [0.25, 0.3) is 0 Å². The first-order chi connectivity index (χ1) is 15.5. The molecule has 0 saturated heterocycles. The van der Waals surface area contributed by atoms with Crippen LogP contribution in [0.25, 0.3) is 0 Å². The minimum absolute atomic E-state index is 0.257. The van der Waals surface area contributed by atoms with E-state index in [1.807, 2.05) is 27.7 Å². The smallest absolute Gasteiger partial charge is 0.233 e. The van der Waals surface area contributed by atoms with Crippen molar-refractivity contribution in [1.29, 1.82) is 0 Å². The molecule has 2 aromatic carbocycles. The molecule has 0 N–H and O–H groups in total. The van der Waals surface area contributed by atoms with Crippen LogP contribution in [0.2, 0.25) is 0 Å². The largest absolute Gasteiger partial charge is 0.490 e. The van der Waals surface area contributed by atoms with E-state index in [-0.39, 0.29) is 11.1 Å². The van der Waals surface area contributed by atoms with Crippen molar-refractivity contribution in [3.63, 3.8) is 0 Å². The van der Waals surface area contributed by atoms with Crippen molar-refractivity contribution < 1.29 is 28.5 Å². The number of ether oxygens (including phenoxy) is 4. The molecule has 174 valence electrons. The van der Waals surface area contributed by atoms with Crippen molar-refractivity contribution >= 4 is 11.6 Å². The molecule has 2 aromatic rings. The Balaban J connectivity index is 2.29. The van der Waals surface area contributed by atoms with Crippen LogP contribution in [0.15, 0.2) is 36.4 Å². The molecular formula is C26H34O6. The van der Waals surface area contributed by atoms with Crippen LogP contribution in [0.3, 0.4) is 0 Å². The molecule has 2 rings (SSSR count). The summed E-state index contributed by atoms with van der Waals surface area (Å²) in [6.45, 7) is 10.1. The van der Waals surface area contributed by atoms with Crippen molar-refractivity contribution in [1.82, 2.24) is 0 Å². The molecule has 0 atom stereocenters. The van der Waals surface area contributed by atoms with Gasteiger partial charge in [0.1, 0.15) is 0 Å². The highest BCUT2D eigenvalue weighted by atomic mass is 16.5. The van der Waals surface area contributed by atoms with E-state index in [9.17, 15) is 9.59 Å². The van der Waals surface area contributed by atoms with Crippen LogP contribution in [0, 0.1) is 0 Å². The molecule has 0 aliphatic heterocycles. The van der Waals surface area contributed by atoms with E-state index >= 15 is 0 Å². The first kappa shape index (κ1) is 25.2. The lowest BCUT2D eigenvalue weighted by atomic mass is 10.0. The van der Waals surface area contributed by atoms with Crippen molar-refractivity contribution in [3.8, 4) is 23.0 Å². The van der Waals surface area contributed by atoms with Gasteiger partial charge in [-0.25, -0.2) is 0 Å². The average Bonchev–Trinajstić information content (AvgIpc) is 2.83. The maximum Gasteiger partial charge on any atom is 0.233 e. The van der Waals surface area contributed by atoms with Crippen LogP contribution >= 0.6 is 0 Å². The highest BCUT2D eigenvalue weighted by molar-refractivity contribution is 6.49. The Kier molecular flexibility index (Phi) is 10.6. The fraction of sp³-hybridized carbons (Fsp3) is 0.462. The van der Waals surface area contributed by atoms with E-state index in [4.69, 9.17) is 18.9 Å². The molecule has 0 unspecified atom stereocenters. The van der Waals surface area contributed by atoms with E-state index < -0.39 is 11.6 Å². The van der Waals surface area contributed by atoms with Crippen molar-refractivity contribution in [2.45, 2.75) is 53.4 Å². The normalized spacial score (nSPS) is 10.5. The quantitative estimate of drug-likeness (QED) is 0.252. The molecule has 0 aromatic heterocycles. The second kappa shape index (κ2) is 13.4. The number of carbonyl (C=O) groups excluding carboxylic acids is 2. The maximum absolute atomic E-state index is 13.0. The summed E-state index contributed by atoms with van der Waals surface area (Å²) in [7, 11) is 0. The molecule has 6 heteroatoms. The van der Waals surface area contributed by atoms with Gasteiger partial charge in [0.15, 0.2) is 23.0 Å². The summed E-state index contributed by atoms with van der Waals surface area (Å²) in [6, 6.07) is 9.70. The van der Waals surface area contributed by atoms with E-state index in [0.717, 1.165) is 25.7 Å². The third-order valence-electron chi connectivity index (χ3n) is 4.46. The Labute approximate surface area is 190 Å². The van der Waals surface area contributed by atoms with Crippen LogP contribution in [0.4, 0.5) is 0 Å². The summed E-state index contributed by atoms with van der Waals surface area (Å²) < 4.78 is 22.9. The summed E-state index contributed by atoms with van der Waals surface area (Å²) in [5.74, 6) is 0.839. The Morgan fingerprint density at radius 1 is 0.531 bits per heavy atom. The molecule has 0 aliphatic carbocycles. The van der Waals surface area contributed by atoms with Gasteiger partial charge in [-0.1, -0.05) is 27.7 Å². The van der Waals surface area contributed by atoms with Gasteiger partial charge >= 0.3 is 0 Å². The van der Waals surface area contributed by atoms with E-state index in [1.165, 1.54) is 0 Å². The van der Waals surface area contributed by atoms with Gasteiger partial charge < -0.3 is 18.9 Å². The maximum atomic E-state index is 13.0. The Morgan fingerprint density at radius 3 is 1.16 bits per heavy atom. The predicted molar refractivity (Wildman–Crippen MR) is 125 cm³/mol. The number of ketones is 2. The highest BCUT2D eigenvalue weighted by Crippen LogP contribution is 2.31. The van der Waals surface area contributed by atoms with Crippen LogP contribution < -0.4 is 18.9 Å². The lowest BCUT2D eigenvalue weighted by Crippen LogP contribution is -2.15. The lowest BCUT2D eigenvalue weighted by molar-refractivity contribution is 0.0816. The van der Waals surface area contributed by atoms with Gasteiger partial charge in [-0.05, 0) is 62.1 Å². The second-order valence-corrected chi connectivity index (χ2v) is 7.38. The Hall–Kier alpha value is -3.02. The number of carbonyl (C=O) groups is 2. The number of rotatable bonds is 15. The van der Waals surface area contributed by atoms with Gasteiger partial charge in [-0.3, -0.25) is 9.59 Å². The summed E-state index contributed by atoms with van der Waals surface area (Å²) in [6.07, 6.45) is 3.34. The minimum atomic E-state index is -0.614. The van der Waals surface area contributed by atoms with Crippen LogP contribution in [-0.2, 0) is 0 Å². The SMILES string of the molecule is CCCOc1ccc(C(=O)C(=O)c2ccc(OCCC)c(OCCC)c2)cc1OCCC. The van der Waals surface area contributed by atoms with Crippen molar-refractivity contribution in [3.05, 3.63) is 47.5 Å². The van der Waals surface area contributed by atoms with Crippen LogP contribution in [0.1, 0.15) is 74.1 Å². The molecule has 0 heterocycles. The van der Waals surface area contributed by atoms with Crippen molar-refractivity contribution in [2.75, 3.05) is 26.4 Å². The molecule has 0 fully saturated rings. The van der Waals surface area contributed by atoms with Gasteiger partial charge in [-0.2, -0.15) is 0 Å². The number of hydrogen-bond donors (Lipinski definition) is 0. The number of hydrogen-bond acceptors (Lipinski definition) is 6. The second-order valence-electron chi connectivity index (χ2n) is 7.38. The third kappa shape index (κ3) is 7.01. The Bertz CT molecular complexity index is 816. The molecule has 0 aliphatic rings. The van der Waals surface area contributed by atoms with E-state index in [0.29, 0.717) is 49.4 Å². The molecule has 0 amide bonds. The molecule has 0 bridgehead atoms. The van der Waals surface area contributed by atoms with Gasteiger partial charge in [0.05, 0.1) is 26.4 Å². The van der Waals surface area contributed by atoms with Crippen molar-refractivity contribution in [2.24, 2.45) is 0 Å². The van der Waals surface area contributed by atoms with Crippen LogP contribution in [-0.4, -0.2) is 38.0 Å². The monoisotopic (exact) mass is 442 g/mol. The number of Topliss-reactive ketones (excluding diaryl/α,β-unsaturated/α-hetero) is 2. The molecular weight excluding hydrogens is 408 g/mol. The van der Waals surface area contributed by atoms with E-state index in [2.05, 4.69) is 0 Å². The lowest BCUT2D eigenvalue weighted by Gasteiger charge is -2.14. The molecule has 32 heavy (non-hydrogen) atoms. The topological polar surface area (TPSA) is 71.1 Å². The molecule has 6 nitrogen and oxygen atoms in total. The molecule has 0 saturated carbocycles. The summed E-state index contributed by atoms with van der Waals surface area (Å²) in [5.41, 5.74) is 0.513. The first-order valence-electron chi connectivity index (χ1n) is 11.4. The fourth-order valence-electron chi connectivity index (χ4n) is 2.87. The van der Waals surface area contributed by atoms with E-state index in [1.54, 1.807) is 36.4 Å². The minimum Gasteiger partial charge on any atom is -0.490 e. The first-order valence-corrected chi connectivity index (χ1v) is 11.4.